The summed E-state index contributed by atoms with van der Waals surface area (Å²) in [4.78, 5) is 0. The van der Waals surface area contributed by atoms with Crippen LogP contribution in [0.3, 0.4) is 0 Å². The first-order valence-corrected chi connectivity index (χ1v) is 7.61. The van der Waals surface area contributed by atoms with Crippen molar-refractivity contribution in [3.63, 3.8) is 0 Å². The van der Waals surface area contributed by atoms with E-state index in [2.05, 4.69) is 33.0 Å². The molecule has 1 unspecified atom stereocenters. The molecule has 1 spiro atoms. The van der Waals surface area contributed by atoms with Gasteiger partial charge in [-0.2, -0.15) is 0 Å². The van der Waals surface area contributed by atoms with Crippen LogP contribution in [-0.4, -0.2) is 12.6 Å². The van der Waals surface area contributed by atoms with Crippen LogP contribution in [0.5, 0.6) is 0 Å². The summed E-state index contributed by atoms with van der Waals surface area (Å²) in [7, 11) is 0. The van der Waals surface area contributed by atoms with Crippen LogP contribution < -0.4 is 5.32 Å². The lowest BCUT2D eigenvalue weighted by Gasteiger charge is -2.37. The normalized spacial score (nSPS) is 37.1. The van der Waals surface area contributed by atoms with Crippen LogP contribution in [-0.2, 0) is 0 Å². The van der Waals surface area contributed by atoms with Crippen molar-refractivity contribution in [1.82, 2.24) is 5.32 Å². The predicted molar refractivity (Wildman–Crippen MR) is 73.0 cm³/mol. The second-order valence-corrected chi connectivity index (χ2v) is 8.28. The third-order valence-electron chi connectivity index (χ3n) is 6.42. The summed E-state index contributed by atoms with van der Waals surface area (Å²) in [6.07, 6.45) is 8.68. The van der Waals surface area contributed by atoms with E-state index in [0.29, 0.717) is 16.2 Å². The molecular weight excluding hydrogens is 206 g/mol. The monoisotopic (exact) mass is 235 g/mol. The van der Waals surface area contributed by atoms with Gasteiger partial charge in [0.15, 0.2) is 0 Å². The van der Waals surface area contributed by atoms with Gasteiger partial charge in [-0.05, 0) is 67.2 Å². The maximum Gasteiger partial charge on any atom is 0.00683 e. The number of hydrogen-bond acceptors (Lipinski definition) is 1. The Balaban J connectivity index is 1.62. The fourth-order valence-corrected chi connectivity index (χ4v) is 4.45. The van der Waals surface area contributed by atoms with E-state index >= 15 is 0 Å². The zero-order chi connectivity index (χ0) is 12.3. The summed E-state index contributed by atoms with van der Waals surface area (Å²) in [5.41, 5.74) is 1.91. The van der Waals surface area contributed by atoms with Crippen LogP contribution in [0.4, 0.5) is 0 Å². The predicted octanol–water partition coefficient (Wildman–Crippen LogP) is 3.98. The van der Waals surface area contributed by atoms with E-state index in [4.69, 9.17) is 0 Å². The molecule has 0 radical (unpaired) electrons. The molecule has 0 aromatic heterocycles. The van der Waals surface area contributed by atoms with E-state index < -0.39 is 0 Å². The van der Waals surface area contributed by atoms with Crippen LogP contribution in [0, 0.1) is 22.2 Å². The Hall–Kier alpha value is -0.0400. The van der Waals surface area contributed by atoms with Gasteiger partial charge in [0.1, 0.15) is 0 Å². The maximum atomic E-state index is 3.77. The highest BCUT2D eigenvalue weighted by atomic mass is 15.0. The smallest absolute Gasteiger partial charge is 0.00683 e. The maximum absolute atomic E-state index is 3.77. The molecule has 0 bridgehead atoms. The molecule has 0 aliphatic heterocycles. The van der Waals surface area contributed by atoms with Crippen LogP contribution in [0.1, 0.15) is 66.2 Å². The molecule has 3 rings (SSSR count). The highest BCUT2D eigenvalue weighted by molar-refractivity contribution is 5.19. The van der Waals surface area contributed by atoms with Crippen LogP contribution in [0.15, 0.2) is 0 Å². The lowest BCUT2D eigenvalue weighted by molar-refractivity contribution is 0.146. The lowest BCUT2D eigenvalue weighted by Crippen LogP contribution is -2.27. The molecule has 3 aliphatic carbocycles. The van der Waals surface area contributed by atoms with Crippen LogP contribution in [0.25, 0.3) is 0 Å². The van der Waals surface area contributed by atoms with E-state index in [1.807, 2.05) is 0 Å². The van der Waals surface area contributed by atoms with Crippen molar-refractivity contribution in [3.8, 4) is 0 Å². The molecule has 0 amide bonds. The van der Waals surface area contributed by atoms with Crippen molar-refractivity contribution >= 4 is 0 Å². The molecule has 1 nitrogen and oxygen atoms in total. The van der Waals surface area contributed by atoms with Gasteiger partial charge in [0.05, 0.1) is 0 Å². The van der Waals surface area contributed by atoms with Crippen molar-refractivity contribution in [1.29, 1.82) is 0 Å². The quantitative estimate of drug-likeness (QED) is 0.780. The molecule has 3 saturated carbocycles. The third kappa shape index (κ3) is 1.85. The molecule has 3 aliphatic rings. The Morgan fingerprint density at radius 2 is 1.53 bits per heavy atom. The SMILES string of the molecule is CC1(C)CCC2(CC1)C(CNC1CC1)C2(C)C. The van der Waals surface area contributed by atoms with E-state index in [1.54, 1.807) is 0 Å². The highest BCUT2D eigenvalue weighted by Gasteiger charge is 2.70. The van der Waals surface area contributed by atoms with Crippen molar-refractivity contribution < 1.29 is 0 Å². The van der Waals surface area contributed by atoms with Gasteiger partial charge in [-0.1, -0.05) is 27.7 Å². The Bertz CT molecular complexity index is 301. The average Bonchev–Trinajstić information content (AvgIpc) is 3.10. The second-order valence-electron chi connectivity index (χ2n) is 8.28. The van der Waals surface area contributed by atoms with Crippen LogP contribution in [0.2, 0.25) is 0 Å². The summed E-state index contributed by atoms with van der Waals surface area (Å²) < 4.78 is 0. The Morgan fingerprint density at radius 3 is 2.06 bits per heavy atom. The molecule has 1 N–H and O–H groups in total. The number of rotatable bonds is 3. The molecule has 98 valence electrons. The highest BCUT2D eigenvalue weighted by Crippen LogP contribution is 2.75. The molecule has 0 heterocycles. The Morgan fingerprint density at radius 1 is 0.941 bits per heavy atom. The van der Waals surface area contributed by atoms with Gasteiger partial charge in [-0.25, -0.2) is 0 Å². The molecular formula is C16H29N. The van der Waals surface area contributed by atoms with E-state index in [1.165, 1.54) is 45.1 Å². The van der Waals surface area contributed by atoms with Crippen LogP contribution >= 0.6 is 0 Å². The van der Waals surface area contributed by atoms with Crippen molar-refractivity contribution in [2.75, 3.05) is 6.54 Å². The number of hydrogen-bond donors (Lipinski definition) is 1. The van der Waals surface area contributed by atoms with Crippen molar-refractivity contribution in [3.05, 3.63) is 0 Å². The average molecular weight is 235 g/mol. The summed E-state index contributed by atoms with van der Waals surface area (Å²) in [5.74, 6) is 0.951. The summed E-state index contributed by atoms with van der Waals surface area (Å²) in [5, 5.41) is 3.77. The first-order valence-electron chi connectivity index (χ1n) is 7.61. The molecule has 3 fully saturated rings. The summed E-state index contributed by atoms with van der Waals surface area (Å²) in [6, 6.07) is 0.878. The van der Waals surface area contributed by atoms with E-state index in [9.17, 15) is 0 Å². The fraction of sp³-hybridized carbons (Fsp3) is 1.00. The van der Waals surface area contributed by atoms with Gasteiger partial charge in [0.25, 0.3) is 0 Å². The summed E-state index contributed by atoms with van der Waals surface area (Å²) >= 11 is 0. The zero-order valence-electron chi connectivity index (χ0n) is 12.1. The van der Waals surface area contributed by atoms with Gasteiger partial charge in [0, 0.05) is 6.04 Å². The first-order chi connectivity index (χ1) is 7.87. The van der Waals surface area contributed by atoms with Gasteiger partial charge < -0.3 is 5.32 Å². The Labute approximate surface area is 107 Å². The minimum atomic E-state index is 0.603. The Kier molecular flexibility index (Phi) is 2.47. The zero-order valence-corrected chi connectivity index (χ0v) is 12.1. The van der Waals surface area contributed by atoms with Gasteiger partial charge >= 0.3 is 0 Å². The van der Waals surface area contributed by atoms with E-state index in [0.717, 1.165) is 12.0 Å². The largest absolute Gasteiger partial charge is 0.314 e. The number of nitrogens with one attached hydrogen (secondary N) is 1. The molecule has 0 aromatic rings. The molecule has 17 heavy (non-hydrogen) atoms. The van der Waals surface area contributed by atoms with Gasteiger partial charge in [-0.3, -0.25) is 0 Å². The van der Waals surface area contributed by atoms with Crippen molar-refractivity contribution in [2.45, 2.75) is 72.3 Å². The van der Waals surface area contributed by atoms with Gasteiger partial charge in [-0.15, -0.1) is 0 Å². The topological polar surface area (TPSA) is 12.0 Å². The first kappa shape index (κ1) is 12.0. The molecule has 0 aromatic carbocycles. The standard InChI is InChI=1S/C16H29N/c1-14(2)7-9-16(10-8-14)13(15(16,3)4)11-17-12-5-6-12/h12-13,17H,5-11H2,1-4H3. The lowest BCUT2D eigenvalue weighted by atomic mass is 9.69. The minimum absolute atomic E-state index is 0.603. The summed E-state index contributed by atoms with van der Waals surface area (Å²) in [6.45, 7) is 11.2. The van der Waals surface area contributed by atoms with E-state index in [-0.39, 0.29) is 0 Å². The molecule has 1 atom stereocenters. The fourth-order valence-electron chi connectivity index (χ4n) is 4.45. The second kappa shape index (κ2) is 3.50. The molecule has 0 saturated heterocycles. The third-order valence-corrected chi connectivity index (χ3v) is 6.42. The molecule has 1 heteroatoms. The van der Waals surface area contributed by atoms with Gasteiger partial charge in [0.2, 0.25) is 0 Å². The van der Waals surface area contributed by atoms with Crippen molar-refractivity contribution in [2.24, 2.45) is 22.2 Å². The minimum Gasteiger partial charge on any atom is -0.314 e.